The number of amides is 1. The van der Waals surface area contributed by atoms with E-state index in [1.807, 2.05) is 6.92 Å². The molecule has 3 rings (SSSR count). The van der Waals surface area contributed by atoms with E-state index in [9.17, 15) is 18.0 Å². The molecule has 1 aliphatic rings. The molecule has 2 heterocycles. The Labute approximate surface area is 178 Å². The van der Waals surface area contributed by atoms with Gasteiger partial charge in [0.25, 0.3) is 5.91 Å². The minimum atomic E-state index is -3.43. The molecule has 2 N–H and O–H groups in total. The summed E-state index contributed by atoms with van der Waals surface area (Å²) in [6, 6.07) is 5.01. The average molecular weight is 454 g/mol. The van der Waals surface area contributed by atoms with Crippen LogP contribution in [-0.4, -0.2) is 67.8 Å². The normalized spacial score (nSPS) is 14.6. The average Bonchev–Trinajstić information content (AvgIpc) is 3.29. The largest absolute Gasteiger partial charge is 0.466 e. The first kappa shape index (κ1) is 22.2. The van der Waals surface area contributed by atoms with Gasteiger partial charge in [0.2, 0.25) is 14.2 Å². The predicted molar refractivity (Wildman–Crippen MR) is 113 cm³/mol. The fourth-order valence-electron chi connectivity index (χ4n) is 3.03. The van der Waals surface area contributed by atoms with E-state index in [1.165, 1.54) is 12.0 Å². The molecule has 11 heteroatoms. The van der Waals surface area contributed by atoms with Crippen molar-refractivity contribution in [2.45, 2.75) is 24.1 Å². The van der Waals surface area contributed by atoms with Crippen molar-refractivity contribution in [2.75, 3.05) is 37.9 Å². The quantitative estimate of drug-likeness (QED) is 0.548. The molecule has 0 spiro atoms. The zero-order valence-electron chi connectivity index (χ0n) is 16.7. The molecular formula is C19H23N3O6S2. The van der Waals surface area contributed by atoms with Gasteiger partial charge in [0.15, 0.2) is 0 Å². The van der Waals surface area contributed by atoms with Crippen LogP contribution in [0.15, 0.2) is 33.8 Å². The van der Waals surface area contributed by atoms with Gasteiger partial charge in [-0.05, 0) is 24.6 Å². The summed E-state index contributed by atoms with van der Waals surface area (Å²) in [6.07, 6.45) is 1.35. The number of β-amino-alcohol motifs (C(OH)–C–C–N with tert-alkyl or cyclic N) is 1. The maximum atomic E-state index is 12.6. The number of sulfone groups is 1. The number of nitrogens with zero attached hydrogens (tertiary/aromatic N) is 2. The van der Waals surface area contributed by atoms with E-state index in [2.05, 4.69) is 10.3 Å². The first-order chi connectivity index (χ1) is 14.3. The number of nitrogens with one attached hydrogen (secondary N) is 1. The van der Waals surface area contributed by atoms with Gasteiger partial charge in [0, 0.05) is 12.2 Å². The van der Waals surface area contributed by atoms with E-state index < -0.39 is 21.7 Å². The van der Waals surface area contributed by atoms with E-state index in [0.29, 0.717) is 22.3 Å². The van der Waals surface area contributed by atoms with Gasteiger partial charge in [0.05, 0.1) is 41.8 Å². The number of aromatic nitrogens is 1. The molecule has 0 aliphatic carbocycles. The molecule has 0 fully saturated rings. The lowest BCUT2D eigenvalue weighted by atomic mass is 10.2. The van der Waals surface area contributed by atoms with Gasteiger partial charge >= 0.3 is 5.97 Å². The molecule has 162 valence electrons. The molecular weight excluding hydrogens is 430 g/mol. The van der Waals surface area contributed by atoms with Crippen molar-refractivity contribution < 1.29 is 27.9 Å². The number of rotatable bonds is 9. The number of esters is 1. The minimum absolute atomic E-state index is 0.0387. The molecule has 0 unspecified atom stereocenters. The predicted octanol–water partition coefficient (Wildman–Crippen LogP) is 1.54. The lowest BCUT2D eigenvalue weighted by Gasteiger charge is -2.15. The topological polar surface area (TPSA) is 126 Å². The van der Waals surface area contributed by atoms with Gasteiger partial charge in [0.1, 0.15) is 5.70 Å². The zero-order chi connectivity index (χ0) is 21.9. The number of thiazole rings is 1. The van der Waals surface area contributed by atoms with Crippen LogP contribution in [0, 0.1) is 0 Å². The van der Waals surface area contributed by atoms with Crippen LogP contribution >= 0.6 is 11.3 Å². The molecule has 1 aliphatic heterocycles. The van der Waals surface area contributed by atoms with Crippen molar-refractivity contribution in [1.29, 1.82) is 0 Å². The number of hydrogen-bond donors (Lipinski definition) is 2. The van der Waals surface area contributed by atoms with Gasteiger partial charge < -0.3 is 20.1 Å². The van der Waals surface area contributed by atoms with E-state index in [1.54, 1.807) is 18.2 Å². The Balaban J connectivity index is 1.91. The third-order valence-electron chi connectivity index (χ3n) is 4.62. The van der Waals surface area contributed by atoms with Crippen molar-refractivity contribution >= 4 is 49.0 Å². The molecule has 30 heavy (non-hydrogen) atoms. The van der Waals surface area contributed by atoms with E-state index >= 15 is 0 Å². The number of benzene rings is 1. The smallest absolute Gasteiger partial charge is 0.337 e. The van der Waals surface area contributed by atoms with Gasteiger partial charge in [-0.15, -0.1) is 11.3 Å². The Kier molecular flexibility index (Phi) is 6.74. The first-order valence-corrected chi connectivity index (χ1v) is 11.9. The highest BCUT2D eigenvalue weighted by atomic mass is 32.2. The molecule has 1 aromatic carbocycles. The summed E-state index contributed by atoms with van der Waals surface area (Å²) in [6.45, 7) is 1.83. The number of aliphatic hydroxyl groups excluding tert-OH is 1. The first-order valence-electron chi connectivity index (χ1n) is 9.42. The number of methoxy groups -OCH3 is 1. The summed E-state index contributed by atoms with van der Waals surface area (Å²) in [7, 11) is -2.20. The monoisotopic (exact) mass is 453 g/mol. The summed E-state index contributed by atoms with van der Waals surface area (Å²) < 4.78 is 30.3. The molecule has 1 aromatic heterocycles. The summed E-state index contributed by atoms with van der Waals surface area (Å²) in [5.74, 6) is -0.995. The van der Waals surface area contributed by atoms with Crippen LogP contribution in [0.4, 0.5) is 5.69 Å². The maximum absolute atomic E-state index is 12.6. The Morgan fingerprint density at radius 2 is 2.17 bits per heavy atom. The van der Waals surface area contributed by atoms with Crippen LogP contribution in [0.3, 0.4) is 0 Å². The summed E-state index contributed by atoms with van der Waals surface area (Å²) in [5.41, 5.74) is 1.31. The van der Waals surface area contributed by atoms with E-state index in [4.69, 9.17) is 9.84 Å². The van der Waals surface area contributed by atoms with Gasteiger partial charge in [-0.25, -0.2) is 18.2 Å². The minimum Gasteiger partial charge on any atom is -0.466 e. The standard InChI is InChI=1S/C19H23N3O6S2/c1-3-4-9-30(26,27)19-21-14-6-5-12(10-15(14)29-19)20-16-13(18(25)28-2)11-22(7-8-23)17(16)24/h5-6,10,20,23H,3-4,7-9,11H2,1-2H3. The Hall–Kier alpha value is -2.50. The van der Waals surface area contributed by atoms with Gasteiger partial charge in [-0.3, -0.25) is 4.79 Å². The van der Waals surface area contributed by atoms with Crippen molar-refractivity contribution in [3.8, 4) is 0 Å². The highest BCUT2D eigenvalue weighted by Crippen LogP contribution is 2.30. The number of unbranched alkanes of at least 4 members (excludes halogenated alkanes) is 1. The SMILES string of the molecule is CCCCS(=O)(=O)c1nc2ccc(NC3=C(C(=O)OC)CN(CCO)C3=O)cc2s1. The Morgan fingerprint density at radius 1 is 1.40 bits per heavy atom. The van der Waals surface area contributed by atoms with E-state index in [-0.39, 0.29) is 41.1 Å². The highest BCUT2D eigenvalue weighted by Gasteiger charge is 2.34. The van der Waals surface area contributed by atoms with Crippen molar-refractivity contribution in [2.24, 2.45) is 0 Å². The molecule has 9 nitrogen and oxygen atoms in total. The van der Waals surface area contributed by atoms with Gasteiger partial charge in [-0.2, -0.15) is 0 Å². The van der Waals surface area contributed by atoms with Crippen LogP contribution in [0.25, 0.3) is 10.2 Å². The van der Waals surface area contributed by atoms with Crippen LogP contribution in [-0.2, 0) is 24.2 Å². The highest BCUT2D eigenvalue weighted by molar-refractivity contribution is 7.93. The number of hydrogen-bond acceptors (Lipinski definition) is 9. The zero-order valence-corrected chi connectivity index (χ0v) is 18.3. The Bertz CT molecular complexity index is 1110. The van der Waals surface area contributed by atoms with Gasteiger partial charge in [-0.1, -0.05) is 13.3 Å². The lowest BCUT2D eigenvalue weighted by Crippen LogP contribution is -2.31. The lowest BCUT2D eigenvalue weighted by molar-refractivity contribution is -0.136. The fourth-order valence-corrected chi connectivity index (χ4v) is 5.87. The maximum Gasteiger partial charge on any atom is 0.337 e. The molecule has 0 atom stereocenters. The van der Waals surface area contributed by atoms with Crippen molar-refractivity contribution in [3.63, 3.8) is 0 Å². The Morgan fingerprint density at radius 3 is 2.83 bits per heavy atom. The number of ether oxygens (including phenoxy) is 1. The van der Waals surface area contributed by atoms with Crippen LogP contribution in [0.1, 0.15) is 19.8 Å². The molecule has 0 bridgehead atoms. The summed E-state index contributed by atoms with van der Waals surface area (Å²) >= 11 is 1.07. The second kappa shape index (κ2) is 9.11. The second-order valence-electron chi connectivity index (χ2n) is 6.76. The third-order valence-corrected chi connectivity index (χ3v) is 7.90. The number of fused-ring (bicyclic) bond motifs is 1. The van der Waals surface area contributed by atoms with Crippen molar-refractivity contribution in [3.05, 3.63) is 29.5 Å². The molecule has 0 radical (unpaired) electrons. The number of anilines is 1. The molecule has 2 aromatic rings. The van der Waals surface area contributed by atoms with Crippen LogP contribution in [0.5, 0.6) is 0 Å². The molecule has 0 saturated heterocycles. The van der Waals surface area contributed by atoms with Crippen LogP contribution in [0.2, 0.25) is 0 Å². The fraction of sp³-hybridized carbons (Fsp3) is 0.421. The third kappa shape index (κ3) is 4.47. The molecule has 0 saturated carbocycles. The van der Waals surface area contributed by atoms with E-state index in [0.717, 1.165) is 17.8 Å². The second-order valence-corrected chi connectivity index (χ2v) is 10.1. The number of carbonyl (C=O) groups excluding carboxylic acids is 2. The van der Waals surface area contributed by atoms with Crippen molar-refractivity contribution in [1.82, 2.24) is 9.88 Å². The molecule has 1 amide bonds. The number of aliphatic hydroxyl groups is 1. The number of carbonyl (C=O) groups is 2. The van der Waals surface area contributed by atoms with Crippen LogP contribution < -0.4 is 5.32 Å². The summed E-state index contributed by atoms with van der Waals surface area (Å²) in [5, 5.41) is 12.1. The summed E-state index contributed by atoms with van der Waals surface area (Å²) in [4.78, 5) is 30.3.